The number of benzene rings is 3. The van der Waals surface area contributed by atoms with Crippen LogP contribution >= 0.6 is 73.9 Å². The number of hydrogen-bond acceptors (Lipinski definition) is 8. The number of alkyl halides is 6. The zero-order valence-electron chi connectivity index (χ0n) is 27.9. The molecule has 0 spiro atoms. The summed E-state index contributed by atoms with van der Waals surface area (Å²) in [6, 6.07) is 12.8. The molecule has 0 unspecified atom stereocenters. The molecule has 2 aromatic heterocycles. The van der Waals surface area contributed by atoms with Gasteiger partial charge in [-0.05, 0) is 76.6 Å². The molecule has 0 aliphatic rings. The summed E-state index contributed by atoms with van der Waals surface area (Å²) in [5.41, 5.74) is -3.21. The molecule has 5 aromatic rings. The number of hydrogen-bond donors (Lipinski definition) is 1. The minimum absolute atomic E-state index is 0.00265. The van der Waals surface area contributed by atoms with Gasteiger partial charge >= 0.3 is 12.4 Å². The van der Waals surface area contributed by atoms with Gasteiger partial charge in [0.25, 0.3) is 20.0 Å². The van der Waals surface area contributed by atoms with Crippen molar-refractivity contribution in [1.29, 1.82) is 0 Å². The molecular weight excluding hydrogens is 984 g/mol. The fraction of sp³-hybridized carbons (Fsp3) is 0.121. The zero-order chi connectivity index (χ0) is 42.7. The monoisotopic (exact) mass is 1000 g/mol. The fourth-order valence-corrected chi connectivity index (χ4v) is 8.56. The smallest absolute Gasteiger partial charge is 0.363 e. The molecular formula is C33H20BrCl5F6N4O6S2. The lowest BCUT2D eigenvalue weighted by molar-refractivity contribution is -0.138. The SMILES string of the molecule is COCN(c1cc(Cl)cnc1Br)S(=O)(=O)c1ccc(Cl)c(C(F)(F)F)c1.O=C(c1ccccc1Cl)c1ncc(Cl)cc1NS(=O)(=O)c1ccc(Cl)c(C(F)(F)F)c1. The third-order valence-electron chi connectivity index (χ3n) is 7.12. The third-order valence-corrected chi connectivity index (χ3v) is 12.2. The van der Waals surface area contributed by atoms with Gasteiger partial charge in [-0.2, -0.15) is 26.3 Å². The van der Waals surface area contributed by atoms with Crippen molar-refractivity contribution >= 4 is 111 Å². The number of anilines is 2. The van der Waals surface area contributed by atoms with Gasteiger partial charge in [0.2, 0.25) is 5.78 Å². The molecule has 2 heterocycles. The highest BCUT2D eigenvalue weighted by Gasteiger charge is 2.37. The van der Waals surface area contributed by atoms with Crippen molar-refractivity contribution in [1.82, 2.24) is 9.97 Å². The van der Waals surface area contributed by atoms with Gasteiger partial charge in [-0.15, -0.1) is 0 Å². The largest absolute Gasteiger partial charge is 0.417 e. The van der Waals surface area contributed by atoms with E-state index in [-0.39, 0.29) is 42.3 Å². The Morgan fingerprint density at radius 1 is 0.754 bits per heavy atom. The van der Waals surface area contributed by atoms with Crippen LogP contribution in [0.2, 0.25) is 25.1 Å². The first-order chi connectivity index (χ1) is 26.4. The molecule has 0 saturated heterocycles. The van der Waals surface area contributed by atoms with Gasteiger partial charge < -0.3 is 4.74 Å². The van der Waals surface area contributed by atoms with Crippen molar-refractivity contribution in [2.24, 2.45) is 0 Å². The predicted molar refractivity (Wildman–Crippen MR) is 206 cm³/mol. The molecule has 5 rings (SSSR count). The molecule has 0 saturated carbocycles. The Morgan fingerprint density at radius 3 is 1.84 bits per heavy atom. The van der Waals surface area contributed by atoms with Crippen molar-refractivity contribution in [2.75, 3.05) is 22.9 Å². The van der Waals surface area contributed by atoms with E-state index in [1.807, 2.05) is 0 Å². The zero-order valence-corrected chi connectivity index (χ0v) is 34.9. The van der Waals surface area contributed by atoms with Crippen molar-refractivity contribution in [3.05, 3.63) is 137 Å². The Hall–Kier alpha value is -3.40. The van der Waals surface area contributed by atoms with Gasteiger partial charge in [0.15, 0.2) is 0 Å². The maximum atomic E-state index is 13.1. The first-order valence-electron chi connectivity index (χ1n) is 14.9. The van der Waals surface area contributed by atoms with E-state index in [0.29, 0.717) is 12.1 Å². The van der Waals surface area contributed by atoms with Crippen LogP contribution in [0.15, 0.2) is 99.6 Å². The number of ether oxygens (including phenoxy) is 1. The molecule has 0 radical (unpaired) electrons. The molecule has 0 atom stereocenters. The number of rotatable bonds is 10. The van der Waals surface area contributed by atoms with Gasteiger partial charge in [0, 0.05) is 25.1 Å². The van der Waals surface area contributed by atoms with Crippen LogP contribution in [0, 0.1) is 0 Å². The maximum absolute atomic E-state index is 13.1. The van der Waals surface area contributed by atoms with E-state index >= 15 is 0 Å². The molecule has 10 nitrogen and oxygen atoms in total. The van der Waals surface area contributed by atoms with Crippen LogP contribution in [-0.2, 0) is 37.1 Å². The van der Waals surface area contributed by atoms with Gasteiger partial charge in [-0.1, -0.05) is 70.1 Å². The first-order valence-corrected chi connectivity index (χ1v) is 20.5. The molecule has 0 aliphatic heterocycles. The summed E-state index contributed by atoms with van der Waals surface area (Å²) < 4.78 is 138. The average Bonchev–Trinajstić information content (AvgIpc) is 3.11. The fourth-order valence-electron chi connectivity index (χ4n) is 4.55. The summed E-state index contributed by atoms with van der Waals surface area (Å²) in [6.45, 7) is -0.479. The average molecular weight is 1000 g/mol. The molecule has 304 valence electrons. The standard InChI is InChI=1S/C19H10Cl3F3N2O3S.C14H10BrCl2F3N2O3S/c20-10-7-16(17(26-9-10)18(28)12-3-1-2-4-14(12)21)27-31(29,30)11-5-6-15(22)13(8-11)19(23,24)25;1-25-7-22(12-4-8(16)6-21-13(12)15)26(23,24)9-2-3-11(17)10(5-9)14(18,19)20/h1-9,27H;2-6H,7H2,1H3. The van der Waals surface area contributed by atoms with Crippen LogP contribution in [0.5, 0.6) is 0 Å². The second-order valence-corrected chi connectivity index (χ2v) is 17.4. The first kappa shape index (κ1) is 46.3. The van der Waals surface area contributed by atoms with Gasteiger partial charge in [0.05, 0.1) is 57.4 Å². The van der Waals surface area contributed by atoms with Gasteiger partial charge in [-0.25, -0.2) is 31.1 Å². The molecule has 3 aromatic carbocycles. The van der Waals surface area contributed by atoms with Crippen LogP contribution < -0.4 is 9.03 Å². The summed E-state index contributed by atoms with van der Waals surface area (Å²) in [5, 5.41) is -1.05. The molecule has 0 fully saturated rings. The number of aromatic nitrogens is 2. The normalized spacial score (nSPS) is 12.1. The minimum atomic E-state index is -4.87. The topological polar surface area (TPSA) is 136 Å². The number of carbonyl (C=O) groups is 1. The second-order valence-electron chi connectivity index (χ2n) is 11.0. The van der Waals surface area contributed by atoms with Crippen LogP contribution in [0.25, 0.3) is 0 Å². The lowest BCUT2D eigenvalue weighted by Gasteiger charge is -2.24. The summed E-state index contributed by atoms with van der Waals surface area (Å²) in [5.74, 6) is -0.716. The van der Waals surface area contributed by atoms with Crippen molar-refractivity contribution in [3.63, 3.8) is 0 Å². The Bertz CT molecular complexity index is 2550. The Kier molecular flexibility index (Phi) is 14.8. The maximum Gasteiger partial charge on any atom is 0.417 e. The molecule has 0 bridgehead atoms. The van der Waals surface area contributed by atoms with Gasteiger partial charge in [0.1, 0.15) is 17.0 Å². The number of nitrogens with zero attached hydrogens (tertiary/aromatic N) is 3. The number of pyridine rings is 2. The van der Waals surface area contributed by atoms with Gasteiger partial charge in [-0.3, -0.25) is 9.52 Å². The van der Waals surface area contributed by atoms with Crippen molar-refractivity contribution < 1.29 is 52.7 Å². The van der Waals surface area contributed by atoms with Crippen LogP contribution in [0.3, 0.4) is 0 Å². The Labute approximate surface area is 353 Å². The van der Waals surface area contributed by atoms with Crippen LogP contribution in [-0.4, -0.2) is 46.4 Å². The van der Waals surface area contributed by atoms with E-state index < -0.39 is 75.9 Å². The lowest BCUT2D eigenvalue weighted by Crippen LogP contribution is -2.33. The quantitative estimate of drug-likeness (QED) is 0.0632. The number of methoxy groups -OCH3 is 1. The number of halogens is 12. The number of ketones is 1. The van der Waals surface area contributed by atoms with E-state index in [9.17, 15) is 48.0 Å². The summed E-state index contributed by atoms with van der Waals surface area (Å²) in [4.78, 5) is 19.3. The predicted octanol–water partition coefficient (Wildman–Crippen LogP) is 11.1. The lowest BCUT2D eigenvalue weighted by atomic mass is 10.1. The van der Waals surface area contributed by atoms with E-state index in [1.54, 1.807) is 12.1 Å². The highest BCUT2D eigenvalue weighted by molar-refractivity contribution is 9.10. The Morgan fingerprint density at radius 2 is 1.28 bits per heavy atom. The molecule has 0 aliphatic carbocycles. The highest BCUT2D eigenvalue weighted by Crippen LogP contribution is 2.39. The highest BCUT2D eigenvalue weighted by atomic mass is 79.9. The van der Waals surface area contributed by atoms with E-state index in [2.05, 4.69) is 30.6 Å². The summed E-state index contributed by atoms with van der Waals surface area (Å²) in [7, 11) is -7.77. The second kappa shape index (κ2) is 18.3. The van der Waals surface area contributed by atoms with Crippen LogP contribution in [0.4, 0.5) is 37.7 Å². The number of carbonyl (C=O) groups excluding carboxylic acids is 1. The number of nitrogens with one attached hydrogen (secondary N) is 1. The molecule has 0 amide bonds. The molecule has 24 heteroatoms. The minimum Gasteiger partial charge on any atom is -0.363 e. The molecule has 1 N–H and O–H groups in total. The van der Waals surface area contributed by atoms with Crippen LogP contribution in [0.1, 0.15) is 27.2 Å². The summed E-state index contributed by atoms with van der Waals surface area (Å²) in [6.07, 6.45) is -7.29. The van der Waals surface area contributed by atoms with E-state index in [0.717, 1.165) is 40.8 Å². The third kappa shape index (κ3) is 11.2. The van der Waals surface area contributed by atoms with Crippen molar-refractivity contribution in [2.45, 2.75) is 22.1 Å². The number of sulfonamides is 2. The van der Waals surface area contributed by atoms with E-state index in [4.69, 9.17) is 62.7 Å². The summed E-state index contributed by atoms with van der Waals surface area (Å²) >= 11 is 31.9. The molecule has 57 heavy (non-hydrogen) atoms. The van der Waals surface area contributed by atoms with E-state index in [1.165, 1.54) is 31.5 Å². The Balaban J connectivity index is 0.000000257. The van der Waals surface area contributed by atoms with Crippen molar-refractivity contribution in [3.8, 4) is 0 Å².